The molecule has 5 rings (SSSR count). The van der Waals surface area contributed by atoms with Gasteiger partial charge in [-0.2, -0.15) is 13.2 Å². The van der Waals surface area contributed by atoms with Crippen LogP contribution < -0.4 is 5.69 Å². The monoisotopic (exact) mass is 589 g/mol. The molecule has 1 aliphatic rings. The summed E-state index contributed by atoms with van der Waals surface area (Å²) < 4.78 is 42.5. The highest BCUT2D eigenvalue weighted by Gasteiger charge is 2.39. The van der Waals surface area contributed by atoms with Crippen LogP contribution in [0.25, 0.3) is 17.1 Å². The zero-order valence-corrected chi connectivity index (χ0v) is 22.8. The van der Waals surface area contributed by atoms with E-state index in [1.807, 2.05) is 11.8 Å². The number of amides is 1. The number of aliphatic hydroxyl groups excluding tert-OH is 1. The summed E-state index contributed by atoms with van der Waals surface area (Å²) in [6.45, 7) is 1.38. The second-order valence-electron chi connectivity index (χ2n) is 9.90. The minimum atomic E-state index is -4.93. The quantitative estimate of drug-likeness (QED) is 0.350. The molecule has 1 N–H and O–H groups in total. The smallest absolute Gasteiger partial charge is 0.382 e. The Labute approximate surface area is 237 Å². The van der Waals surface area contributed by atoms with Gasteiger partial charge in [0.15, 0.2) is 17.8 Å². The number of aromatic nitrogens is 6. The van der Waals surface area contributed by atoms with Crippen LogP contribution in [0.4, 0.5) is 13.2 Å². The van der Waals surface area contributed by atoms with Crippen molar-refractivity contribution in [2.45, 2.75) is 57.6 Å². The van der Waals surface area contributed by atoms with E-state index < -0.39 is 24.5 Å². The third-order valence-corrected chi connectivity index (χ3v) is 7.29. The maximum Gasteiger partial charge on any atom is 0.416 e. The highest BCUT2D eigenvalue weighted by molar-refractivity contribution is 6.30. The number of piperidine rings is 1. The van der Waals surface area contributed by atoms with Crippen molar-refractivity contribution >= 4 is 17.5 Å². The molecule has 3 heterocycles. The highest BCUT2D eigenvalue weighted by atomic mass is 35.5. The summed E-state index contributed by atoms with van der Waals surface area (Å²) in [6, 6.07) is 13.1. The molecule has 2 atom stereocenters. The number of aliphatic hydroxyl groups is 1. The maximum atomic E-state index is 13.4. The highest BCUT2D eigenvalue weighted by Crippen LogP contribution is 2.25. The van der Waals surface area contributed by atoms with E-state index in [4.69, 9.17) is 11.6 Å². The Morgan fingerprint density at radius 3 is 2.56 bits per heavy atom. The van der Waals surface area contributed by atoms with Crippen LogP contribution in [0.1, 0.15) is 42.4 Å². The molecule has 2 aromatic heterocycles. The van der Waals surface area contributed by atoms with Crippen molar-refractivity contribution in [1.82, 2.24) is 34.0 Å². The van der Waals surface area contributed by atoms with E-state index in [0.29, 0.717) is 28.4 Å². The number of likely N-dealkylation sites (tertiary alicyclic amines) is 1. The number of rotatable bonds is 7. The first-order valence-corrected chi connectivity index (χ1v) is 13.4. The first kappa shape index (κ1) is 28.6. The predicted octanol–water partition coefficient (Wildman–Crippen LogP) is 3.93. The summed E-state index contributed by atoms with van der Waals surface area (Å²) in [7, 11) is 0. The molecule has 41 heavy (non-hydrogen) atoms. The van der Waals surface area contributed by atoms with Crippen LogP contribution in [0, 0.1) is 0 Å². The van der Waals surface area contributed by atoms with Crippen LogP contribution in [0.15, 0.2) is 59.7 Å². The van der Waals surface area contributed by atoms with Gasteiger partial charge in [0, 0.05) is 23.2 Å². The average Bonchev–Trinajstić information content (AvgIpc) is 3.53. The van der Waals surface area contributed by atoms with Crippen molar-refractivity contribution in [3.8, 4) is 17.1 Å². The molecule has 1 saturated heterocycles. The van der Waals surface area contributed by atoms with Gasteiger partial charge < -0.3 is 10.0 Å². The molecule has 1 amide bonds. The Hall–Kier alpha value is -3.97. The molecule has 0 radical (unpaired) electrons. The number of nitrogens with zero attached hydrogens (tertiary/aromatic N) is 7. The molecule has 1 fully saturated rings. The molecular formula is C27H27ClF3N7O3. The van der Waals surface area contributed by atoms with E-state index in [9.17, 15) is 27.9 Å². The second-order valence-corrected chi connectivity index (χ2v) is 10.3. The van der Waals surface area contributed by atoms with Gasteiger partial charge in [-0.25, -0.2) is 19.1 Å². The van der Waals surface area contributed by atoms with E-state index in [0.717, 1.165) is 28.5 Å². The molecule has 14 heteroatoms. The lowest BCUT2D eigenvalue weighted by Crippen LogP contribution is -2.42. The van der Waals surface area contributed by atoms with Gasteiger partial charge in [-0.15, -0.1) is 10.2 Å². The Bertz CT molecular complexity index is 1600. The third-order valence-electron chi connectivity index (χ3n) is 7.03. The number of benzene rings is 2. The van der Waals surface area contributed by atoms with Gasteiger partial charge >= 0.3 is 11.9 Å². The first-order chi connectivity index (χ1) is 19.5. The molecular weight excluding hydrogens is 563 g/mol. The summed E-state index contributed by atoms with van der Waals surface area (Å²) in [4.78, 5) is 32.7. The van der Waals surface area contributed by atoms with Gasteiger partial charge in [0.1, 0.15) is 12.9 Å². The lowest BCUT2D eigenvalue weighted by molar-refractivity contribution is -0.207. The van der Waals surface area contributed by atoms with Crippen LogP contribution in [0.2, 0.25) is 5.02 Å². The van der Waals surface area contributed by atoms with Crippen LogP contribution in [-0.2, 0) is 13.1 Å². The van der Waals surface area contributed by atoms with Crippen LogP contribution in [0.5, 0.6) is 0 Å². The minimum absolute atomic E-state index is 0.0824. The van der Waals surface area contributed by atoms with Gasteiger partial charge in [-0.1, -0.05) is 23.7 Å². The summed E-state index contributed by atoms with van der Waals surface area (Å²) in [6.07, 6.45) is -3.38. The molecule has 1 aliphatic heterocycles. The molecule has 0 saturated carbocycles. The number of halogens is 4. The fourth-order valence-corrected chi connectivity index (χ4v) is 4.95. The van der Waals surface area contributed by atoms with Crippen molar-refractivity contribution in [3.05, 3.63) is 81.8 Å². The Kier molecular flexibility index (Phi) is 8.00. The van der Waals surface area contributed by atoms with Gasteiger partial charge in [-0.3, -0.25) is 9.36 Å². The number of hydrogen-bond acceptors (Lipinski definition) is 6. The topological polar surface area (TPSA) is 111 Å². The Morgan fingerprint density at radius 2 is 1.85 bits per heavy atom. The Morgan fingerprint density at radius 1 is 1.12 bits per heavy atom. The second kappa shape index (κ2) is 11.5. The number of carbonyl (C=O) groups is 1. The standard InChI is InChI=1S/C27H27ClF3N7O3/c1-17-6-4-5-13-35(17)25(40)20-7-2-3-8-21(20)38-16-32-23(33-38)15-37-26(41)36(14-22(39)27(29,30)31)24(34-37)18-9-11-19(28)12-10-18/h2-3,7-12,16-17,22,39H,4-6,13-15H2,1H3. The van der Waals surface area contributed by atoms with Crippen molar-refractivity contribution in [2.24, 2.45) is 0 Å². The number of carbonyl (C=O) groups excluding carboxylic acids is 1. The lowest BCUT2D eigenvalue weighted by Gasteiger charge is -2.33. The molecule has 0 spiro atoms. The van der Waals surface area contributed by atoms with E-state index in [2.05, 4.69) is 15.2 Å². The summed E-state index contributed by atoms with van der Waals surface area (Å²) >= 11 is 5.94. The van der Waals surface area contributed by atoms with E-state index in [1.54, 1.807) is 24.3 Å². The molecule has 216 valence electrons. The van der Waals surface area contributed by atoms with Crippen molar-refractivity contribution in [1.29, 1.82) is 0 Å². The summed E-state index contributed by atoms with van der Waals surface area (Å²) in [5, 5.41) is 18.7. The van der Waals surface area contributed by atoms with Gasteiger partial charge in [0.2, 0.25) is 0 Å². The fourth-order valence-electron chi connectivity index (χ4n) is 4.83. The van der Waals surface area contributed by atoms with Crippen LogP contribution in [0.3, 0.4) is 0 Å². The predicted molar refractivity (Wildman–Crippen MR) is 144 cm³/mol. The number of alkyl halides is 3. The molecule has 0 aliphatic carbocycles. The molecule has 10 nitrogen and oxygen atoms in total. The van der Waals surface area contributed by atoms with Gasteiger partial charge in [0.25, 0.3) is 5.91 Å². The zero-order chi connectivity index (χ0) is 29.3. The average molecular weight is 590 g/mol. The third kappa shape index (κ3) is 6.05. The normalized spacial score (nSPS) is 16.6. The fraction of sp³-hybridized carbons (Fsp3) is 0.370. The van der Waals surface area contributed by atoms with Crippen LogP contribution >= 0.6 is 11.6 Å². The molecule has 2 aromatic carbocycles. The van der Waals surface area contributed by atoms with Crippen molar-refractivity contribution in [2.75, 3.05) is 6.54 Å². The van der Waals surface area contributed by atoms with Crippen molar-refractivity contribution in [3.63, 3.8) is 0 Å². The van der Waals surface area contributed by atoms with E-state index in [1.165, 1.54) is 35.3 Å². The van der Waals surface area contributed by atoms with E-state index in [-0.39, 0.29) is 30.1 Å². The first-order valence-electron chi connectivity index (χ1n) is 13.0. The molecule has 2 unspecified atom stereocenters. The summed E-state index contributed by atoms with van der Waals surface area (Å²) in [5.41, 5.74) is 0.397. The number of hydrogen-bond donors (Lipinski definition) is 1. The maximum absolute atomic E-state index is 13.4. The van der Waals surface area contributed by atoms with E-state index >= 15 is 0 Å². The summed E-state index contributed by atoms with van der Waals surface area (Å²) in [5.74, 6) is -0.0546. The Balaban J connectivity index is 1.46. The zero-order valence-electron chi connectivity index (χ0n) is 22.0. The molecule has 0 bridgehead atoms. The minimum Gasteiger partial charge on any atom is -0.382 e. The SMILES string of the molecule is CC1CCCCN1C(=O)c1ccccc1-n1cnc(Cn2nc(-c3ccc(Cl)cc3)n(CC(O)C(F)(F)F)c2=O)n1. The lowest BCUT2D eigenvalue weighted by atomic mass is 10.0. The van der Waals surface area contributed by atoms with Crippen molar-refractivity contribution < 1.29 is 23.1 Å². The van der Waals surface area contributed by atoms with Gasteiger partial charge in [0.05, 0.1) is 17.8 Å². The van der Waals surface area contributed by atoms with Gasteiger partial charge in [-0.05, 0) is 62.6 Å². The largest absolute Gasteiger partial charge is 0.416 e. The molecule has 4 aromatic rings. The van der Waals surface area contributed by atoms with Crippen LogP contribution in [-0.4, -0.2) is 69.9 Å². The number of para-hydroxylation sites is 1.